The van der Waals surface area contributed by atoms with Crippen molar-refractivity contribution in [2.45, 2.75) is 36.7 Å². The highest BCUT2D eigenvalue weighted by molar-refractivity contribution is 7.99. The zero-order valence-corrected chi connectivity index (χ0v) is 15.0. The molecule has 1 aromatic carbocycles. The largest absolute Gasteiger partial charge is 0.469 e. The molecule has 0 fully saturated rings. The molecule has 0 unspecified atom stereocenters. The van der Waals surface area contributed by atoms with Crippen LogP contribution >= 0.6 is 11.8 Å². The first-order chi connectivity index (χ1) is 12.1. The van der Waals surface area contributed by atoms with Crippen LogP contribution in [0.4, 0.5) is 5.69 Å². The summed E-state index contributed by atoms with van der Waals surface area (Å²) >= 11 is 1.50. The molecule has 0 aliphatic rings. The van der Waals surface area contributed by atoms with E-state index in [-0.39, 0.29) is 5.91 Å². The van der Waals surface area contributed by atoms with Crippen LogP contribution in [0.2, 0.25) is 0 Å². The second kappa shape index (κ2) is 7.98. The van der Waals surface area contributed by atoms with E-state index in [4.69, 9.17) is 4.42 Å². The molecule has 25 heavy (non-hydrogen) atoms. The molecule has 3 rings (SSSR count). The molecule has 2 aromatic heterocycles. The molecule has 0 aliphatic heterocycles. The number of aryl methyl sites for hydroxylation is 3. The molecule has 0 spiro atoms. The maximum absolute atomic E-state index is 12.0. The molecule has 0 radical (unpaired) electrons. The van der Waals surface area contributed by atoms with Gasteiger partial charge in [0.2, 0.25) is 5.91 Å². The number of anilines is 1. The third kappa shape index (κ3) is 5.19. The molecule has 6 heteroatoms. The van der Waals surface area contributed by atoms with Crippen LogP contribution in [0, 0.1) is 13.8 Å². The van der Waals surface area contributed by atoms with Crippen LogP contribution in [-0.4, -0.2) is 15.9 Å². The average Bonchev–Trinajstić information content (AvgIpc) is 3.07. The van der Waals surface area contributed by atoms with Crippen LogP contribution in [0.5, 0.6) is 0 Å². The van der Waals surface area contributed by atoms with Crippen molar-refractivity contribution in [3.63, 3.8) is 0 Å². The molecule has 1 N–H and O–H groups in total. The Balaban J connectivity index is 1.55. The Morgan fingerprint density at radius 1 is 1.12 bits per heavy atom. The maximum Gasteiger partial charge on any atom is 0.224 e. The first-order valence-electron chi connectivity index (χ1n) is 8.01. The van der Waals surface area contributed by atoms with Gasteiger partial charge in [0, 0.05) is 34.8 Å². The third-order valence-corrected chi connectivity index (χ3v) is 4.36. The van der Waals surface area contributed by atoms with Crippen molar-refractivity contribution in [3.8, 4) is 0 Å². The summed E-state index contributed by atoms with van der Waals surface area (Å²) in [4.78, 5) is 21.9. The highest BCUT2D eigenvalue weighted by Gasteiger charge is 2.06. The van der Waals surface area contributed by atoms with Gasteiger partial charge in [-0.15, -0.1) is 0 Å². The summed E-state index contributed by atoms with van der Waals surface area (Å²) in [6.45, 7) is 3.92. The van der Waals surface area contributed by atoms with Gasteiger partial charge in [0.1, 0.15) is 5.76 Å². The highest BCUT2D eigenvalue weighted by Crippen LogP contribution is 2.26. The fourth-order valence-electron chi connectivity index (χ4n) is 2.37. The van der Waals surface area contributed by atoms with E-state index in [9.17, 15) is 4.79 Å². The number of nitrogens with zero attached hydrogens (tertiary/aromatic N) is 2. The summed E-state index contributed by atoms with van der Waals surface area (Å²) in [6.07, 6.45) is 2.60. The number of hydrogen-bond acceptors (Lipinski definition) is 5. The van der Waals surface area contributed by atoms with Gasteiger partial charge in [0.15, 0.2) is 5.16 Å². The van der Waals surface area contributed by atoms with Gasteiger partial charge in [0.25, 0.3) is 0 Å². The second-order valence-corrected chi connectivity index (χ2v) is 6.73. The van der Waals surface area contributed by atoms with Gasteiger partial charge < -0.3 is 9.73 Å². The van der Waals surface area contributed by atoms with Crippen molar-refractivity contribution in [1.82, 2.24) is 9.97 Å². The fourth-order valence-corrected chi connectivity index (χ4v) is 3.23. The zero-order valence-electron chi connectivity index (χ0n) is 14.2. The molecular formula is C19H19N3O2S. The molecule has 0 aliphatic carbocycles. The van der Waals surface area contributed by atoms with Gasteiger partial charge in [-0.3, -0.25) is 4.79 Å². The molecular weight excluding hydrogens is 334 g/mol. The minimum absolute atomic E-state index is 0.0329. The lowest BCUT2D eigenvalue weighted by molar-refractivity contribution is -0.116. The zero-order chi connectivity index (χ0) is 17.6. The number of furan rings is 1. The predicted octanol–water partition coefficient (Wildman–Crippen LogP) is 4.41. The molecule has 1 amide bonds. The van der Waals surface area contributed by atoms with Crippen molar-refractivity contribution in [3.05, 3.63) is 65.9 Å². The number of carbonyl (C=O) groups is 1. The SMILES string of the molecule is Cc1cc(C)nc(Sc2ccc(NC(=O)CCc3ccco3)cc2)n1. The van der Waals surface area contributed by atoms with Crippen molar-refractivity contribution in [2.75, 3.05) is 5.32 Å². The number of benzene rings is 1. The summed E-state index contributed by atoms with van der Waals surface area (Å²) in [5.41, 5.74) is 2.68. The van der Waals surface area contributed by atoms with Gasteiger partial charge in [-0.2, -0.15) is 0 Å². The lowest BCUT2D eigenvalue weighted by atomic mass is 10.2. The second-order valence-electron chi connectivity index (χ2n) is 5.69. The molecule has 0 bridgehead atoms. The van der Waals surface area contributed by atoms with E-state index in [1.54, 1.807) is 6.26 Å². The monoisotopic (exact) mass is 353 g/mol. The van der Waals surface area contributed by atoms with E-state index in [1.807, 2.05) is 56.3 Å². The summed E-state index contributed by atoms with van der Waals surface area (Å²) in [7, 11) is 0. The standard InChI is InChI=1S/C19H19N3O2S/c1-13-12-14(2)21-19(20-13)25-17-8-5-15(6-9-17)22-18(23)10-7-16-4-3-11-24-16/h3-6,8-9,11-12H,7,10H2,1-2H3,(H,22,23). The maximum atomic E-state index is 12.0. The Hall–Kier alpha value is -2.60. The van der Waals surface area contributed by atoms with Gasteiger partial charge in [0.05, 0.1) is 6.26 Å². The van der Waals surface area contributed by atoms with Crippen LogP contribution in [0.25, 0.3) is 0 Å². The Labute approximate surface area is 150 Å². The van der Waals surface area contributed by atoms with Crippen LogP contribution in [-0.2, 0) is 11.2 Å². The van der Waals surface area contributed by atoms with E-state index in [2.05, 4.69) is 15.3 Å². The summed E-state index contributed by atoms with van der Waals surface area (Å²) in [5.74, 6) is 0.782. The van der Waals surface area contributed by atoms with Crippen LogP contribution in [0.3, 0.4) is 0 Å². The lowest BCUT2D eigenvalue weighted by Gasteiger charge is -2.06. The van der Waals surface area contributed by atoms with Crippen LogP contribution in [0.1, 0.15) is 23.6 Å². The third-order valence-electron chi connectivity index (χ3n) is 3.49. The molecule has 128 valence electrons. The molecule has 0 atom stereocenters. The molecule has 5 nitrogen and oxygen atoms in total. The van der Waals surface area contributed by atoms with E-state index >= 15 is 0 Å². The quantitative estimate of drug-likeness (QED) is 0.665. The van der Waals surface area contributed by atoms with Crippen molar-refractivity contribution < 1.29 is 9.21 Å². The highest BCUT2D eigenvalue weighted by atomic mass is 32.2. The Bertz CT molecular complexity index is 825. The smallest absolute Gasteiger partial charge is 0.224 e. The van der Waals surface area contributed by atoms with E-state index in [0.717, 1.165) is 32.9 Å². The van der Waals surface area contributed by atoms with Gasteiger partial charge in [-0.25, -0.2) is 9.97 Å². The van der Waals surface area contributed by atoms with Crippen LogP contribution in [0.15, 0.2) is 63.2 Å². The first kappa shape index (κ1) is 17.2. The van der Waals surface area contributed by atoms with Gasteiger partial charge in [-0.1, -0.05) is 0 Å². The topological polar surface area (TPSA) is 68.0 Å². The molecule has 2 heterocycles. The van der Waals surface area contributed by atoms with E-state index < -0.39 is 0 Å². The van der Waals surface area contributed by atoms with E-state index in [0.29, 0.717) is 12.8 Å². The fraction of sp³-hybridized carbons (Fsp3) is 0.211. The molecule has 3 aromatic rings. The summed E-state index contributed by atoms with van der Waals surface area (Å²) < 4.78 is 5.23. The number of amides is 1. The Morgan fingerprint density at radius 3 is 2.48 bits per heavy atom. The predicted molar refractivity (Wildman–Crippen MR) is 97.7 cm³/mol. The van der Waals surface area contributed by atoms with E-state index in [1.165, 1.54) is 11.8 Å². The minimum atomic E-state index is -0.0329. The number of nitrogens with one attached hydrogen (secondary N) is 1. The number of rotatable bonds is 6. The van der Waals surface area contributed by atoms with Gasteiger partial charge >= 0.3 is 0 Å². The molecule has 0 saturated heterocycles. The first-order valence-corrected chi connectivity index (χ1v) is 8.82. The van der Waals surface area contributed by atoms with Crippen molar-refractivity contribution in [1.29, 1.82) is 0 Å². The Morgan fingerprint density at radius 2 is 1.84 bits per heavy atom. The summed E-state index contributed by atoms with van der Waals surface area (Å²) in [6, 6.07) is 13.3. The normalized spacial score (nSPS) is 10.6. The average molecular weight is 353 g/mol. The Kier molecular flexibility index (Phi) is 5.50. The van der Waals surface area contributed by atoms with Crippen LogP contribution < -0.4 is 5.32 Å². The molecule has 0 saturated carbocycles. The van der Waals surface area contributed by atoms with Crippen molar-refractivity contribution >= 4 is 23.4 Å². The summed E-state index contributed by atoms with van der Waals surface area (Å²) in [5, 5.41) is 3.62. The number of aromatic nitrogens is 2. The minimum Gasteiger partial charge on any atom is -0.469 e. The van der Waals surface area contributed by atoms with Crippen molar-refractivity contribution in [2.24, 2.45) is 0 Å². The number of hydrogen-bond donors (Lipinski definition) is 1. The number of carbonyl (C=O) groups excluding carboxylic acids is 1. The lowest BCUT2D eigenvalue weighted by Crippen LogP contribution is -2.12. The van der Waals surface area contributed by atoms with Gasteiger partial charge in [-0.05, 0) is 68.1 Å².